The van der Waals surface area contributed by atoms with E-state index in [-0.39, 0.29) is 29.6 Å². The molecule has 3 aromatic carbocycles. The van der Waals surface area contributed by atoms with E-state index < -0.39 is 18.0 Å². The number of nitrogens with one attached hydrogen (secondary N) is 3. The van der Waals surface area contributed by atoms with E-state index in [1.165, 1.54) is 0 Å². The molecule has 0 aliphatic heterocycles. The molecule has 9 aromatic rings. The summed E-state index contributed by atoms with van der Waals surface area (Å²) in [6.07, 6.45) is 4.37. The number of benzene rings is 3. The number of nitrogens with zero attached hydrogens (tertiary/aromatic N) is 3. The Hall–Kier alpha value is -7.20. The number of H-pyrrole nitrogens is 3. The molecule has 0 spiro atoms. The van der Waals surface area contributed by atoms with Gasteiger partial charge in [-0.05, 0) is 126 Å². The van der Waals surface area contributed by atoms with Crippen LogP contribution in [0.4, 0.5) is 0 Å². The van der Waals surface area contributed by atoms with Gasteiger partial charge in [-0.2, -0.15) is 0 Å². The van der Waals surface area contributed by atoms with Crippen LogP contribution in [-0.4, -0.2) is 85.0 Å². The fourth-order valence-electron chi connectivity index (χ4n) is 8.15. The third-order valence-corrected chi connectivity index (χ3v) is 11.7. The maximum Gasteiger partial charge on any atom is 0.357 e. The van der Waals surface area contributed by atoms with Gasteiger partial charge in [0, 0.05) is 62.6 Å². The Bertz CT molecular complexity index is 3260. The molecule has 0 saturated carbocycles. The molecule has 15 nitrogen and oxygen atoms in total. The summed E-state index contributed by atoms with van der Waals surface area (Å²) in [5.74, 6) is -1.82. The van der Waals surface area contributed by atoms with Crippen LogP contribution >= 0.6 is 0 Å². The van der Waals surface area contributed by atoms with E-state index in [4.69, 9.17) is 18.9 Å². The van der Waals surface area contributed by atoms with Crippen LogP contribution in [0, 0.1) is 13.8 Å². The average molecular weight is 895 g/mol. The molecule has 0 saturated heterocycles. The van der Waals surface area contributed by atoms with Gasteiger partial charge in [0.1, 0.15) is 5.69 Å². The van der Waals surface area contributed by atoms with E-state index in [1.807, 2.05) is 70.2 Å². The second kappa shape index (κ2) is 19.9. The molecule has 3 unspecified atom stereocenters. The summed E-state index contributed by atoms with van der Waals surface area (Å²) >= 11 is 0. The third kappa shape index (κ3) is 9.31. The van der Waals surface area contributed by atoms with Crippen molar-refractivity contribution in [2.24, 2.45) is 0 Å². The van der Waals surface area contributed by atoms with Crippen LogP contribution in [0.3, 0.4) is 0 Å². The molecular weight excluding hydrogens is 841 g/mol. The van der Waals surface area contributed by atoms with Crippen LogP contribution in [0.25, 0.3) is 65.4 Å². The van der Waals surface area contributed by atoms with E-state index in [1.54, 1.807) is 59.5 Å². The zero-order chi connectivity index (χ0) is 47.4. The Kier molecular flexibility index (Phi) is 14.1. The summed E-state index contributed by atoms with van der Waals surface area (Å²) in [6, 6.07) is 19.7. The lowest BCUT2D eigenvalue weighted by Crippen LogP contribution is -2.09. The Morgan fingerprint density at radius 1 is 0.576 bits per heavy atom. The number of aromatic nitrogens is 6. The van der Waals surface area contributed by atoms with Gasteiger partial charge in [-0.1, -0.05) is 18.2 Å². The van der Waals surface area contributed by atoms with Crippen molar-refractivity contribution in [1.82, 2.24) is 29.9 Å². The van der Waals surface area contributed by atoms with E-state index in [9.17, 15) is 24.6 Å². The number of carbonyl (C=O) groups excluding carboxylic acids is 2. The number of carboxylic acids is 1. The van der Waals surface area contributed by atoms with Gasteiger partial charge in [-0.3, -0.25) is 0 Å². The number of methoxy groups -OCH3 is 1. The number of aryl methyl sites for hydroxylation is 2. The highest BCUT2D eigenvalue weighted by Gasteiger charge is 2.20. The van der Waals surface area contributed by atoms with Crippen molar-refractivity contribution in [2.45, 2.75) is 73.7 Å². The monoisotopic (exact) mass is 894 g/mol. The van der Waals surface area contributed by atoms with Crippen LogP contribution in [0.1, 0.15) is 119 Å². The van der Waals surface area contributed by atoms with Crippen LogP contribution < -0.4 is 0 Å². The number of pyridine rings is 3. The Labute approximate surface area is 380 Å². The second-order valence-electron chi connectivity index (χ2n) is 15.8. The number of fused-ring (bicyclic) bond motifs is 9. The first-order chi connectivity index (χ1) is 31.7. The number of ether oxygens (including phenoxy) is 4. The van der Waals surface area contributed by atoms with Crippen LogP contribution in [-0.2, 0) is 18.9 Å². The molecule has 9 rings (SSSR count). The Morgan fingerprint density at radius 3 is 1.59 bits per heavy atom. The minimum atomic E-state index is -1.01. The molecule has 0 aliphatic carbocycles. The number of esters is 2. The number of aromatic amines is 3. The number of rotatable bonds is 11. The summed E-state index contributed by atoms with van der Waals surface area (Å²) < 4.78 is 21.1. The molecule has 15 heteroatoms. The van der Waals surface area contributed by atoms with Gasteiger partial charge in [0.15, 0.2) is 11.4 Å². The Balaban J connectivity index is 0.000000147. The molecule has 3 atom stereocenters. The predicted molar refractivity (Wildman–Crippen MR) is 255 cm³/mol. The first-order valence-electron chi connectivity index (χ1n) is 21.8. The van der Waals surface area contributed by atoms with Gasteiger partial charge in [0.2, 0.25) is 0 Å². The molecule has 0 fully saturated rings. The fraction of sp³-hybridized carbons (Fsp3) is 0.294. The van der Waals surface area contributed by atoms with Crippen LogP contribution in [0.2, 0.25) is 0 Å². The summed E-state index contributed by atoms with van der Waals surface area (Å²) in [4.78, 5) is 57.4. The summed E-state index contributed by atoms with van der Waals surface area (Å²) in [6.45, 7) is 16.3. The highest BCUT2D eigenvalue weighted by atomic mass is 16.5. The lowest BCUT2D eigenvalue weighted by Gasteiger charge is -2.12. The van der Waals surface area contributed by atoms with Crippen LogP contribution in [0.15, 0.2) is 79.3 Å². The van der Waals surface area contributed by atoms with Gasteiger partial charge in [0.05, 0.1) is 66.7 Å². The van der Waals surface area contributed by atoms with Crippen molar-refractivity contribution in [2.75, 3.05) is 26.9 Å². The molecule has 0 bridgehead atoms. The van der Waals surface area contributed by atoms with E-state index >= 15 is 0 Å². The summed E-state index contributed by atoms with van der Waals surface area (Å²) in [5, 5.41) is 24.8. The van der Waals surface area contributed by atoms with Crippen molar-refractivity contribution >= 4 is 83.3 Å². The second-order valence-corrected chi connectivity index (χ2v) is 15.8. The minimum Gasteiger partial charge on any atom is -0.477 e. The molecule has 66 heavy (non-hydrogen) atoms. The zero-order valence-corrected chi connectivity index (χ0v) is 38.5. The zero-order valence-electron chi connectivity index (χ0n) is 38.5. The first-order valence-corrected chi connectivity index (χ1v) is 21.8. The van der Waals surface area contributed by atoms with Crippen molar-refractivity contribution in [3.63, 3.8) is 0 Å². The van der Waals surface area contributed by atoms with E-state index in [2.05, 4.69) is 42.0 Å². The number of carbonyl (C=O) groups is 3. The number of hydrogen-bond donors (Lipinski definition) is 5. The normalized spacial score (nSPS) is 12.8. The summed E-state index contributed by atoms with van der Waals surface area (Å²) in [7, 11) is 1.69. The van der Waals surface area contributed by atoms with Gasteiger partial charge in [0.25, 0.3) is 0 Å². The van der Waals surface area contributed by atoms with Gasteiger partial charge in [-0.15, -0.1) is 0 Å². The highest BCUT2D eigenvalue weighted by molar-refractivity contribution is 6.12. The van der Waals surface area contributed by atoms with Gasteiger partial charge in [-0.25, -0.2) is 29.3 Å². The fourth-order valence-corrected chi connectivity index (χ4v) is 8.15. The smallest absolute Gasteiger partial charge is 0.357 e. The quantitative estimate of drug-likeness (QED) is 0.0767. The standard InChI is InChI=1S/C18H20N2O3.C17H18N2O3.C16H16N2O3/c1-5-23-18(21)17-10(2)16-13-8-12(11(3)22-4)6-7-14(13)20-15(16)9-19-17;1-4-22-10(3)11-5-6-13-12(7-11)15-9(2)16(17(20)21)18-8-14(15)19-13;1-3-21-16(20)14-7-12-11-6-10(9(2)19)4-5-13(11)18-15(12)8-17-14/h6-9,11,20H,5H2,1-4H3;5-8,10,19H,4H2,1-3H3,(H,20,21);4-9,18-19H,3H2,1-2H3. The predicted octanol–water partition coefficient (Wildman–Crippen LogP) is 10.7. The van der Waals surface area contributed by atoms with Crippen LogP contribution in [0.5, 0.6) is 0 Å². The maximum absolute atomic E-state index is 12.1. The molecule has 6 heterocycles. The number of aromatic carboxylic acids is 1. The highest BCUT2D eigenvalue weighted by Crippen LogP contribution is 2.34. The van der Waals surface area contributed by atoms with E-state index in [0.717, 1.165) is 87.7 Å². The minimum absolute atomic E-state index is 0.000405. The van der Waals surface area contributed by atoms with Crippen molar-refractivity contribution < 1.29 is 43.5 Å². The first kappa shape index (κ1) is 46.8. The molecule has 5 N–H and O–H groups in total. The maximum atomic E-state index is 12.1. The van der Waals surface area contributed by atoms with Crippen molar-refractivity contribution in [3.05, 3.63) is 124 Å². The Morgan fingerprint density at radius 2 is 1.05 bits per heavy atom. The number of aliphatic hydroxyl groups excluding tert-OH is 1. The average Bonchev–Trinajstić information content (AvgIpc) is 4.00. The topological polar surface area (TPSA) is 215 Å². The van der Waals surface area contributed by atoms with Crippen molar-refractivity contribution in [1.29, 1.82) is 0 Å². The number of aliphatic hydroxyl groups is 1. The lowest BCUT2D eigenvalue weighted by molar-refractivity contribution is 0.0510. The van der Waals surface area contributed by atoms with Gasteiger partial charge >= 0.3 is 17.9 Å². The largest absolute Gasteiger partial charge is 0.477 e. The molecule has 0 aliphatic rings. The SMILES string of the molecule is CCOC(=O)c1cc2c(cn1)[nH]c1ccc(C(C)O)cc12.CCOC(=O)c1ncc2[nH]c3ccc(C(C)OC)cc3c2c1C.CCOC(C)c1ccc2[nH]c3cnc(C(=O)O)c(C)c3c2c1. The lowest BCUT2D eigenvalue weighted by atomic mass is 10.0. The molecule has 0 radical (unpaired) electrons. The van der Waals surface area contributed by atoms with E-state index in [0.29, 0.717) is 31.1 Å². The molecule has 342 valence electrons. The number of carboxylic acid groups (broad SMARTS) is 1. The number of hydrogen-bond acceptors (Lipinski definition) is 11. The molecule has 0 amide bonds. The van der Waals surface area contributed by atoms with Gasteiger partial charge < -0.3 is 44.1 Å². The summed E-state index contributed by atoms with van der Waals surface area (Å²) in [5.41, 5.74) is 10.8. The molecule has 6 aromatic heterocycles. The third-order valence-electron chi connectivity index (χ3n) is 11.7. The van der Waals surface area contributed by atoms with Crippen molar-refractivity contribution in [3.8, 4) is 0 Å². The molecular formula is C51H54N6O9.